The maximum absolute atomic E-state index is 11.4. The predicted octanol–water partition coefficient (Wildman–Crippen LogP) is 2.39. The third-order valence-corrected chi connectivity index (χ3v) is 3.27. The number of benzene rings is 1. The fraction of sp³-hybridized carbons (Fsp3) is 0.467. The molecule has 0 radical (unpaired) electrons. The van der Waals surface area contributed by atoms with E-state index in [1.54, 1.807) is 0 Å². The summed E-state index contributed by atoms with van der Waals surface area (Å²) in [6.07, 6.45) is 0.386. The molecule has 1 rings (SSSR count). The molecule has 4 nitrogen and oxygen atoms in total. The molecule has 0 saturated heterocycles. The van der Waals surface area contributed by atoms with Gasteiger partial charge in [-0.1, -0.05) is 18.2 Å². The lowest BCUT2D eigenvalue weighted by Gasteiger charge is -2.19. The van der Waals surface area contributed by atoms with E-state index in [-0.39, 0.29) is 11.9 Å². The average molecular weight is 263 g/mol. The molecule has 0 aliphatic heterocycles. The van der Waals surface area contributed by atoms with Crippen LogP contribution in [0.1, 0.15) is 42.9 Å². The molecule has 2 atom stereocenters. The van der Waals surface area contributed by atoms with Crippen molar-refractivity contribution in [3.63, 3.8) is 0 Å². The van der Waals surface area contributed by atoms with Crippen LogP contribution in [0.3, 0.4) is 0 Å². The Morgan fingerprint density at radius 3 is 2.37 bits per heavy atom. The van der Waals surface area contributed by atoms with Crippen molar-refractivity contribution in [2.75, 3.05) is 0 Å². The van der Waals surface area contributed by atoms with Crippen molar-refractivity contribution < 1.29 is 14.7 Å². The van der Waals surface area contributed by atoms with E-state index in [0.29, 0.717) is 6.42 Å². The molecule has 1 amide bonds. The smallest absolute Gasteiger partial charge is 0.311 e. The fourth-order valence-corrected chi connectivity index (χ4v) is 2.12. The number of carboxylic acid groups (broad SMARTS) is 1. The van der Waals surface area contributed by atoms with Crippen LogP contribution in [0.5, 0.6) is 0 Å². The van der Waals surface area contributed by atoms with Crippen LogP contribution in [-0.2, 0) is 9.59 Å². The summed E-state index contributed by atoms with van der Waals surface area (Å²) in [4.78, 5) is 22.4. The van der Waals surface area contributed by atoms with Gasteiger partial charge in [0.25, 0.3) is 0 Å². The number of carbonyl (C=O) groups is 2. The first kappa shape index (κ1) is 15.2. The number of hydrogen-bond acceptors (Lipinski definition) is 2. The average Bonchev–Trinajstić information content (AvgIpc) is 2.28. The first-order valence-corrected chi connectivity index (χ1v) is 6.38. The summed E-state index contributed by atoms with van der Waals surface area (Å²) in [5.41, 5.74) is 3.01. The maximum Gasteiger partial charge on any atom is 0.311 e. The zero-order valence-electron chi connectivity index (χ0n) is 11.9. The molecule has 0 bridgehead atoms. The zero-order chi connectivity index (χ0) is 14.6. The summed E-state index contributed by atoms with van der Waals surface area (Å²) in [6.45, 7) is 7.21. The number of amides is 1. The Labute approximate surface area is 113 Å². The van der Waals surface area contributed by atoms with E-state index < -0.39 is 11.9 Å². The van der Waals surface area contributed by atoms with Gasteiger partial charge in [-0.25, -0.2) is 0 Å². The second-order valence-electron chi connectivity index (χ2n) is 5.07. The third-order valence-electron chi connectivity index (χ3n) is 3.27. The summed E-state index contributed by atoms with van der Waals surface area (Å²) in [6, 6.07) is 5.53. The second kappa shape index (κ2) is 6.36. The van der Waals surface area contributed by atoms with Crippen LogP contribution in [-0.4, -0.2) is 23.0 Å². The molecule has 0 heterocycles. The lowest BCUT2D eigenvalue weighted by Crippen LogP contribution is -2.33. The van der Waals surface area contributed by atoms with Crippen molar-refractivity contribution in [2.45, 2.75) is 46.1 Å². The van der Waals surface area contributed by atoms with E-state index in [9.17, 15) is 14.7 Å². The number of carbonyl (C=O) groups excluding carboxylic acids is 1. The van der Waals surface area contributed by atoms with Gasteiger partial charge in [-0.3, -0.25) is 9.59 Å². The van der Waals surface area contributed by atoms with Gasteiger partial charge in [-0.15, -0.1) is 0 Å². The summed E-state index contributed by atoms with van der Waals surface area (Å²) in [7, 11) is 0. The maximum atomic E-state index is 11.4. The number of hydrogen-bond donors (Lipinski definition) is 2. The highest BCUT2D eigenvalue weighted by molar-refractivity contribution is 5.77. The lowest BCUT2D eigenvalue weighted by atomic mass is 9.90. The molecule has 0 fully saturated rings. The van der Waals surface area contributed by atoms with Crippen LogP contribution in [0, 0.1) is 13.8 Å². The van der Waals surface area contributed by atoms with Crippen molar-refractivity contribution in [3.05, 3.63) is 34.9 Å². The van der Waals surface area contributed by atoms with E-state index in [1.807, 2.05) is 39.0 Å². The van der Waals surface area contributed by atoms with Crippen molar-refractivity contribution in [1.82, 2.24) is 5.32 Å². The third kappa shape index (κ3) is 4.39. The molecule has 2 N–H and O–H groups in total. The van der Waals surface area contributed by atoms with Crippen LogP contribution >= 0.6 is 0 Å². The number of rotatable bonds is 5. The fourth-order valence-electron chi connectivity index (χ4n) is 2.12. The molecular formula is C15H21NO3. The summed E-state index contributed by atoms with van der Waals surface area (Å²) >= 11 is 0. The Hall–Kier alpha value is -1.84. The molecule has 1 aromatic carbocycles. The van der Waals surface area contributed by atoms with Crippen molar-refractivity contribution >= 4 is 11.9 Å². The monoisotopic (exact) mass is 263 g/mol. The molecule has 0 aliphatic carbocycles. The van der Waals surface area contributed by atoms with Crippen LogP contribution in [0.2, 0.25) is 0 Å². The summed E-state index contributed by atoms with van der Waals surface area (Å²) < 4.78 is 0. The largest absolute Gasteiger partial charge is 0.481 e. The minimum Gasteiger partial charge on any atom is -0.481 e. The highest BCUT2D eigenvalue weighted by Gasteiger charge is 2.23. The number of aliphatic carboxylic acids is 1. The molecule has 0 spiro atoms. The van der Waals surface area contributed by atoms with Gasteiger partial charge >= 0.3 is 5.97 Å². The quantitative estimate of drug-likeness (QED) is 0.857. The van der Waals surface area contributed by atoms with Crippen LogP contribution in [0.4, 0.5) is 0 Å². The Bertz CT molecular complexity index is 482. The topological polar surface area (TPSA) is 66.4 Å². The number of carboxylic acids is 1. The van der Waals surface area contributed by atoms with Crippen molar-refractivity contribution in [2.24, 2.45) is 0 Å². The minimum atomic E-state index is -0.861. The molecule has 0 aliphatic rings. The molecule has 19 heavy (non-hydrogen) atoms. The van der Waals surface area contributed by atoms with Gasteiger partial charge in [-0.05, 0) is 43.9 Å². The van der Waals surface area contributed by atoms with E-state index in [0.717, 1.165) is 16.7 Å². The van der Waals surface area contributed by atoms with Gasteiger partial charge in [0.2, 0.25) is 5.91 Å². The molecule has 1 aromatic rings. The zero-order valence-corrected chi connectivity index (χ0v) is 11.9. The molecule has 104 valence electrons. The van der Waals surface area contributed by atoms with Crippen LogP contribution in [0.15, 0.2) is 18.2 Å². The van der Waals surface area contributed by atoms with Gasteiger partial charge in [0, 0.05) is 13.0 Å². The number of nitrogens with one attached hydrogen (secondary N) is 1. The SMILES string of the molecule is CC(=O)NC(C)CC(C(=O)O)c1ccc(C)c(C)c1. The van der Waals surface area contributed by atoms with Gasteiger partial charge in [0.1, 0.15) is 0 Å². The van der Waals surface area contributed by atoms with Gasteiger partial charge in [-0.2, -0.15) is 0 Å². The second-order valence-corrected chi connectivity index (χ2v) is 5.07. The summed E-state index contributed by atoms with van der Waals surface area (Å²) in [5, 5.41) is 12.1. The van der Waals surface area contributed by atoms with E-state index in [2.05, 4.69) is 5.32 Å². The van der Waals surface area contributed by atoms with E-state index in [1.165, 1.54) is 6.92 Å². The normalized spacial score (nSPS) is 13.7. The lowest BCUT2D eigenvalue weighted by molar-refractivity contribution is -0.139. The highest BCUT2D eigenvalue weighted by atomic mass is 16.4. The molecule has 2 unspecified atom stereocenters. The van der Waals surface area contributed by atoms with Crippen molar-refractivity contribution in [3.8, 4) is 0 Å². The Morgan fingerprint density at radius 2 is 1.89 bits per heavy atom. The van der Waals surface area contributed by atoms with E-state index >= 15 is 0 Å². The van der Waals surface area contributed by atoms with Gasteiger partial charge in [0.05, 0.1) is 5.92 Å². The Kier molecular flexibility index (Phi) is 5.10. The number of aryl methyl sites for hydroxylation is 2. The Morgan fingerprint density at radius 1 is 1.26 bits per heavy atom. The minimum absolute atomic E-state index is 0.142. The molecule has 0 aromatic heterocycles. The molecular weight excluding hydrogens is 242 g/mol. The first-order valence-electron chi connectivity index (χ1n) is 6.38. The first-order chi connectivity index (χ1) is 8.81. The summed E-state index contributed by atoms with van der Waals surface area (Å²) in [5.74, 6) is -1.60. The molecule has 0 saturated carbocycles. The highest BCUT2D eigenvalue weighted by Crippen LogP contribution is 2.24. The van der Waals surface area contributed by atoms with Crippen LogP contribution < -0.4 is 5.32 Å². The standard InChI is InChI=1S/C15H21NO3/c1-9-5-6-13(7-10(9)2)14(15(18)19)8-11(3)16-12(4)17/h5-7,11,14H,8H2,1-4H3,(H,16,17)(H,18,19). The van der Waals surface area contributed by atoms with Gasteiger partial charge in [0.15, 0.2) is 0 Å². The predicted molar refractivity (Wildman–Crippen MR) is 74.2 cm³/mol. The van der Waals surface area contributed by atoms with Gasteiger partial charge < -0.3 is 10.4 Å². The van der Waals surface area contributed by atoms with Crippen molar-refractivity contribution in [1.29, 1.82) is 0 Å². The molecule has 4 heteroatoms. The van der Waals surface area contributed by atoms with Crippen LogP contribution in [0.25, 0.3) is 0 Å². The van der Waals surface area contributed by atoms with E-state index in [4.69, 9.17) is 0 Å². The Balaban J connectivity index is 2.91.